The van der Waals surface area contributed by atoms with Crippen LogP contribution in [0.3, 0.4) is 0 Å². The number of halogens is 1. The molecule has 2 heterocycles. The van der Waals surface area contributed by atoms with Crippen LogP contribution in [0.5, 0.6) is 0 Å². The van der Waals surface area contributed by atoms with Crippen molar-refractivity contribution in [2.45, 2.75) is 12.8 Å². The number of carbonyl (C=O) groups is 1. The zero-order chi connectivity index (χ0) is 10.7. The van der Waals surface area contributed by atoms with Gasteiger partial charge in [0.05, 0.1) is 6.61 Å². The molecule has 0 spiro atoms. The van der Waals surface area contributed by atoms with Crippen molar-refractivity contribution in [3.8, 4) is 0 Å². The highest BCUT2D eigenvalue weighted by Crippen LogP contribution is 2.13. The third-order valence-corrected chi connectivity index (χ3v) is 2.36. The van der Waals surface area contributed by atoms with Crippen LogP contribution in [0.1, 0.15) is 12.0 Å². The largest absolute Gasteiger partial charge is 0.490 e. The molecule has 0 amide bonds. The summed E-state index contributed by atoms with van der Waals surface area (Å²) in [5.41, 5.74) is 0.848. The number of rotatable bonds is 3. The van der Waals surface area contributed by atoms with Gasteiger partial charge in [0.15, 0.2) is 5.76 Å². The smallest absolute Gasteiger partial charge is 0.201 e. The molecule has 1 aromatic heterocycles. The summed E-state index contributed by atoms with van der Waals surface area (Å²) in [7, 11) is 0. The van der Waals surface area contributed by atoms with Crippen LogP contribution in [0.25, 0.3) is 0 Å². The summed E-state index contributed by atoms with van der Waals surface area (Å²) in [6.07, 6.45) is 4.57. The van der Waals surface area contributed by atoms with E-state index >= 15 is 0 Å². The average molecular weight is 224 g/mol. The number of allylic oxidation sites excluding steroid dienone is 1. The zero-order valence-corrected chi connectivity index (χ0v) is 8.83. The summed E-state index contributed by atoms with van der Waals surface area (Å²) in [6.45, 7) is 0.611. The highest BCUT2D eigenvalue weighted by Gasteiger charge is 2.15. The second kappa shape index (κ2) is 4.45. The van der Waals surface area contributed by atoms with E-state index in [4.69, 9.17) is 16.3 Å². The first-order chi connectivity index (χ1) is 7.25. The van der Waals surface area contributed by atoms with E-state index in [-0.39, 0.29) is 5.78 Å². The predicted octanol–water partition coefficient (Wildman–Crippen LogP) is 2.15. The van der Waals surface area contributed by atoms with Crippen LogP contribution in [0.2, 0.25) is 5.15 Å². The van der Waals surface area contributed by atoms with Crippen LogP contribution in [-0.4, -0.2) is 17.4 Å². The lowest BCUT2D eigenvalue weighted by Crippen LogP contribution is -2.07. The van der Waals surface area contributed by atoms with Gasteiger partial charge in [0.2, 0.25) is 5.78 Å². The highest BCUT2D eigenvalue weighted by atomic mass is 35.5. The minimum Gasteiger partial charge on any atom is -0.490 e. The highest BCUT2D eigenvalue weighted by molar-refractivity contribution is 6.29. The molecule has 0 fully saturated rings. The Labute approximate surface area is 92.7 Å². The Hall–Kier alpha value is -1.35. The molecule has 1 aromatic rings. The Morgan fingerprint density at radius 2 is 2.40 bits per heavy atom. The maximum Gasteiger partial charge on any atom is 0.201 e. The van der Waals surface area contributed by atoms with E-state index in [9.17, 15) is 4.79 Å². The standard InChI is InChI=1S/C11H10ClNO2/c12-11-4-3-8(7-13-11)6-9(14)10-2-1-5-15-10/h2-4,7H,1,5-6H2. The number of ketones is 1. The van der Waals surface area contributed by atoms with Crippen LogP contribution in [-0.2, 0) is 16.0 Å². The Balaban J connectivity index is 2.02. The van der Waals surface area contributed by atoms with E-state index in [1.165, 1.54) is 0 Å². The molecule has 0 aromatic carbocycles. The third kappa shape index (κ3) is 2.57. The topological polar surface area (TPSA) is 39.2 Å². The molecule has 0 saturated carbocycles. The van der Waals surface area contributed by atoms with Crippen molar-refractivity contribution in [2.24, 2.45) is 0 Å². The van der Waals surface area contributed by atoms with Gasteiger partial charge in [-0.25, -0.2) is 4.98 Å². The average Bonchev–Trinajstić information content (AvgIpc) is 2.74. The molecule has 1 aliphatic rings. The van der Waals surface area contributed by atoms with Crippen LogP contribution in [0.15, 0.2) is 30.2 Å². The third-order valence-electron chi connectivity index (χ3n) is 2.13. The van der Waals surface area contributed by atoms with Crippen molar-refractivity contribution in [3.05, 3.63) is 40.9 Å². The predicted molar refractivity (Wildman–Crippen MR) is 56.6 cm³/mol. The molecule has 0 unspecified atom stereocenters. The lowest BCUT2D eigenvalue weighted by Gasteiger charge is -2.02. The van der Waals surface area contributed by atoms with Crippen LogP contribution < -0.4 is 0 Å². The second-order valence-corrected chi connectivity index (χ2v) is 3.68. The molecule has 0 saturated heterocycles. The van der Waals surface area contributed by atoms with E-state index in [2.05, 4.69) is 4.98 Å². The number of nitrogens with zero attached hydrogens (tertiary/aromatic N) is 1. The van der Waals surface area contributed by atoms with Crippen molar-refractivity contribution >= 4 is 17.4 Å². The lowest BCUT2D eigenvalue weighted by molar-refractivity contribution is -0.117. The number of ether oxygens (including phenoxy) is 1. The summed E-state index contributed by atoms with van der Waals surface area (Å²) in [6, 6.07) is 3.47. The molecule has 0 N–H and O–H groups in total. The van der Waals surface area contributed by atoms with Gasteiger partial charge in [0.25, 0.3) is 0 Å². The molecule has 2 rings (SSSR count). The Morgan fingerprint density at radius 3 is 3.00 bits per heavy atom. The molecule has 15 heavy (non-hydrogen) atoms. The Morgan fingerprint density at radius 1 is 1.53 bits per heavy atom. The molecule has 3 nitrogen and oxygen atoms in total. The molecule has 0 atom stereocenters. The van der Waals surface area contributed by atoms with Crippen molar-refractivity contribution in [1.82, 2.24) is 4.98 Å². The van der Waals surface area contributed by atoms with E-state index in [0.717, 1.165) is 12.0 Å². The maximum atomic E-state index is 11.6. The van der Waals surface area contributed by atoms with Crippen molar-refractivity contribution in [1.29, 1.82) is 0 Å². The van der Waals surface area contributed by atoms with Gasteiger partial charge in [-0.2, -0.15) is 0 Å². The van der Waals surface area contributed by atoms with Gasteiger partial charge in [0, 0.05) is 19.0 Å². The summed E-state index contributed by atoms with van der Waals surface area (Å²) in [4.78, 5) is 15.6. The van der Waals surface area contributed by atoms with E-state index in [1.807, 2.05) is 6.08 Å². The first-order valence-electron chi connectivity index (χ1n) is 4.72. The van der Waals surface area contributed by atoms with Crippen LogP contribution >= 0.6 is 11.6 Å². The molecule has 1 aliphatic heterocycles. The minimum atomic E-state index is -0.00313. The van der Waals surface area contributed by atoms with Gasteiger partial charge in [-0.15, -0.1) is 0 Å². The number of carbonyl (C=O) groups excluding carboxylic acids is 1. The van der Waals surface area contributed by atoms with E-state index in [1.54, 1.807) is 18.3 Å². The summed E-state index contributed by atoms with van der Waals surface area (Å²) in [5.74, 6) is 0.474. The van der Waals surface area contributed by atoms with Gasteiger partial charge < -0.3 is 4.74 Å². The molecular formula is C11H10ClNO2. The Kier molecular flexibility index (Phi) is 3.02. The fraction of sp³-hybridized carbons (Fsp3) is 0.273. The second-order valence-electron chi connectivity index (χ2n) is 3.29. The first kappa shape index (κ1) is 10.2. The molecule has 0 bridgehead atoms. The van der Waals surface area contributed by atoms with Gasteiger partial charge in [0.1, 0.15) is 5.15 Å². The number of hydrogen-bond acceptors (Lipinski definition) is 3. The molecular weight excluding hydrogens is 214 g/mol. The minimum absolute atomic E-state index is 0.00313. The van der Waals surface area contributed by atoms with Gasteiger partial charge in [-0.1, -0.05) is 17.7 Å². The van der Waals surface area contributed by atoms with Crippen LogP contribution in [0, 0.1) is 0 Å². The maximum absolute atomic E-state index is 11.6. The van der Waals surface area contributed by atoms with Gasteiger partial charge >= 0.3 is 0 Å². The summed E-state index contributed by atoms with van der Waals surface area (Å²) < 4.78 is 5.18. The quantitative estimate of drug-likeness (QED) is 0.738. The van der Waals surface area contributed by atoms with E-state index < -0.39 is 0 Å². The number of hydrogen-bond donors (Lipinski definition) is 0. The van der Waals surface area contributed by atoms with Crippen LogP contribution in [0.4, 0.5) is 0 Å². The van der Waals surface area contributed by atoms with Crippen molar-refractivity contribution in [3.63, 3.8) is 0 Å². The lowest BCUT2D eigenvalue weighted by atomic mass is 10.1. The zero-order valence-electron chi connectivity index (χ0n) is 8.07. The fourth-order valence-electron chi connectivity index (χ4n) is 1.40. The number of aromatic nitrogens is 1. The van der Waals surface area contributed by atoms with E-state index in [0.29, 0.717) is 23.9 Å². The normalized spacial score (nSPS) is 14.6. The first-order valence-corrected chi connectivity index (χ1v) is 5.10. The summed E-state index contributed by atoms with van der Waals surface area (Å²) >= 11 is 5.64. The molecule has 0 aliphatic carbocycles. The van der Waals surface area contributed by atoms with Gasteiger partial charge in [-0.3, -0.25) is 4.79 Å². The molecule has 0 radical (unpaired) electrons. The Bertz CT molecular complexity index is 398. The number of pyridine rings is 1. The molecule has 4 heteroatoms. The monoisotopic (exact) mass is 223 g/mol. The number of Topliss-reactive ketones (excluding diaryl/α,β-unsaturated/α-hetero) is 1. The van der Waals surface area contributed by atoms with Crippen molar-refractivity contribution < 1.29 is 9.53 Å². The fourth-order valence-corrected chi connectivity index (χ4v) is 1.51. The molecule has 78 valence electrons. The SMILES string of the molecule is O=C(Cc1ccc(Cl)nc1)C1=CCCO1. The summed E-state index contributed by atoms with van der Waals surface area (Å²) in [5, 5.41) is 0.433. The van der Waals surface area contributed by atoms with Gasteiger partial charge in [-0.05, 0) is 17.7 Å². The van der Waals surface area contributed by atoms with Crippen molar-refractivity contribution in [2.75, 3.05) is 6.61 Å².